The second kappa shape index (κ2) is 4.20. The lowest BCUT2D eigenvalue weighted by atomic mass is 10.1. The summed E-state index contributed by atoms with van der Waals surface area (Å²) in [5, 5.41) is 4.61. The summed E-state index contributed by atoms with van der Waals surface area (Å²) in [6.45, 7) is 0.507. The third-order valence-electron chi connectivity index (χ3n) is 3.41. The smallest absolute Gasteiger partial charge is 0.129 e. The van der Waals surface area contributed by atoms with Gasteiger partial charge in [0, 0.05) is 17.3 Å². The average Bonchev–Trinajstić information content (AvgIpc) is 2.92. The van der Waals surface area contributed by atoms with Crippen LogP contribution >= 0.6 is 0 Å². The number of para-hydroxylation sites is 1. The van der Waals surface area contributed by atoms with Gasteiger partial charge in [0.05, 0.1) is 5.69 Å². The molecule has 98 valence electrons. The molecule has 0 saturated heterocycles. The molecule has 0 bridgehead atoms. The lowest BCUT2D eigenvalue weighted by molar-refractivity contribution is 0.302. The number of aromatic nitrogens is 2. The topological polar surface area (TPSA) is 27.1 Å². The molecular weight excluding hydrogens is 255 g/mol. The molecule has 0 fully saturated rings. The molecule has 0 radical (unpaired) electrons. The largest absolute Gasteiger partial charge is 0.488 e. The van der Waals surface area contributed by atoms with Crippen molar-refractivity contribution in [2.75, 3.05) is 0 Å². The summed E-state index contributed by atoms with van der Waals surface area (Å²) >= 11 is 0. The molecular formula is C16H11FN2O. The summed E-state index contributed by atoms with van der Waals surface area (Å²) in [4.78, 5) is 0. The summed E-state index contributed by atoms with van der Waals surface area (Å²) in [7, 11) is 0. The Morgan fingerprint density at radius 3 is 2.70 bits per heavy atom. The molecule has 0 N–H and O–H groups in total. The summed E-state index contributed by atoms with van der Waals surface area (Å²) in [6.07, 6.45) is 1.93. The van der Waals surface area contributed by atoms with Gasteiger partial charge in [-0.2, -0.15) is 5.10 Å². The highest BCUT2D eigenvalue weighted by atomic mass is 19.1. The third kappa shape index (κ3) is 1.69. The van der Waals surface area contributed by atoms with E-state index in [1.54, 1.807) is 16.8 Å². The monoisotopic (exact) mass is 266 g/mol. The lowest BCUT2D eigenvalue weighted by Gasteiger charge is -2.15. The van der Waals surface area contributed by atoms with E-state index in [2.05, 4.69) is 5.10 Å². The fourth-order valence-corrected chi connectivity index (χ4v) is 2.41. The number of benzene rings is 2. The molecule has 1 aromatic heterocycles. The number of hydrogen-bond acceptors (Lipinski definition) is 2. The molecule has 4 heteroatoms. The number of fused-ring (bicyclic) bond motifs is 3. The van der Waals surface area contributed by atoms with Crippen LogP contribution in [-0.4, -0.2) is 9.78 Å². The van der Waals surface area contributed by atoms with Gasteiger partial charge in [-0.1, -0.05) is 12.1 Å². The van der Waals surface area contributed by atoms with E-state index in [4.69, 9.17) is 4.74 Å². The van der Waals surface area contributed by atoms with E-state index in [1.807, 2.05) is 30.5 Å². The second-order valence-corrected chi connectivity index (χ2v) is 4.71. The Hall–Kier alpha value is -2.62. The van der Waals surface area contributed by atoms with Crippen molar-refractivity contribution in [2.24, 2.45) is 0 Å². The second-order valence-electron chi connectivity index (χ2n) is 4.71. The third-order valence-corrected chi connectivity index (χ3v) is 3.41. The Bertz CT molecular complexity index is 777. The normalized spacial score (nSPS) is 12.4. The highest BCUT2D eigenvalue weighted by Gasteiger charge is 2.20. The number of nitrogens with zero attached hydrogens (tertiary/aromatic N) is 2. The van der Waals surface area contributed by atoms with Crippen LogP contribution in [0.25, 0.3) is 16.9 Å². The maximum atomic E-state index is 13.0. The van der Waals surface area contributed by atoms with Crippen LogP contribution in [0.2, 0.25) is 0 Å². The maximum absolute atomic E-state index is 13.0. The van der Waals surface area contributed by atoms with Crippen LogP contribution in [-0.2, 0) is 6.61 Å². The minimum Gasteiger partial charge on any atom is -0.488 e. The fraction of sp³-hybridized carbons (Fsp3) is 0.0625. The molecule has 0 aliphatic carbocycles. The minimum atomic E-state index is -0.251. The van der Waals surface area contributed by atoms with Crippen molar-refractivity contribution in [1.82, 2.24) is 9.78 Å². The van der Waals surface area contributed by atoms with Crippen molar-refractivity contribution in [2.45, 2.75) is 6.61 Å². The van der Waals surface area contributed by atoms with Gasteiger partial charge in [-0.3, -0.25) is 0 Å². The molecule has 1 aliphatic rings. The zero-order chi connectivity index (χ0) is 13.5. The van der Waals surface area contributed by atoms with Gasteiger partial charge in [0.1, 0.15) is 23.9 Å². The van der Waals surface area contributed by atoms with Crippen molar-refractivity contribution in [3.8, 4) is 22.7 Å². The predicted molar refractivity (Wildman–Crippen MR) is 73.3 cm³/mol. The van der Waals surface area contributed by atoms with Gasteiger partial charge in [-0.15, -0.1) is 0 Å². The van der Waals surface area contributed by atoms with Crippen molar-refractivity contribution in [1.29, 1.82) is 0 Å². The van der Waals surface area contributed by atoms with E-state index in [0.717, 1.165) is 28.3 Å². The molecule has 3 nitrogen and oxygen atoms in total. The Kier molecular flexibility index (Phi) is 2.36. The van der Waals surface area contributed by atoms with Crippen LogP contribution in [0.15, 0.2) is 54.7 Å². The molecule has 0 saturated carbocycles. The van der Waals surface area contributed by atoms with E-state index in [-0.39, 0.29) is 5.82 Å². The summed E-state index contributed by atoms with van der Waals surface area (Å²) < 4.78 is 20.4. The van der Waals surface area contributed by atoms with Crippen molar-refractivity contribution in [3.63, 3.8) is 0 Å². The van der Waals surface area contributed by atoms with E-state index in [1.165, 1.54) is 12.1 Å². The summed E-state index contributed by atoms with van der Waals surface area (Å²) in [6, 6.07) is 14.1. The SMILES string of the molecule is Fc1ccc(-n2cc3c(n2)-c2ccccc2OC3)cc1. The summed E-state index contributed by atoms with van der Waals surface area (Å²) in [5.74, 6) is 0.601. The number of hydrogen-bond donors (Lipinski definition) is 0. The average molecular weight is 266 g/mol. The van der Waals surface area contributed by atoms with E-state index >= 15 is 0 Å². The Balaban J connectivity index is 1.84. The highest BCUT2D eigenvalue weighted by molar-refractivity contribution is 5.71. The van der Waals surface area contributed by atoms with Gasteiger partial charge in [0.25, 0.3) is 0 Å². The zero-order valence-corrected chi connectivity index (χ0v) is 10.6. The standard InChI is InChI=1S/C16H11FN2O/c17-12-5-7-13(8-6-12)19-9-11-10-20-15-4-2-1-3-14(15)16(11)18-19/h1-9H,10H2. The number of rotatable bonds is 1. The van der Waals surface area contributed by atoms with Gasteiger partial charge in [-0.05, 0) is 36.4 Å². The van der Waals surface area contributed by atoms with Crippen molar-refractivity contribution >= 4 is 0 Å². The summed E-state index contributed by atoms with van der Waals surface area (Å²) in [5.41, 5.74) is 3.79. The molecule has 4 rings (SSSR count). The first-order valence-corrected chi connectivity index (χ1v) is 6.38. The zero-order valence-electron chi connectivity index (χ0n) is 10.6. The predicted octanol–water partition coefficient (Wildman–Crippen LogP) is 3.57. The Morgan fingerprint density at radius 2 is 1.85 bits per heavy atom. The molecule has 0 amide bonds. The first-order chi connectivity index (χ1) is 9.81. The van der Waals surface area contributed by atoms with E-state index < -0.39 is 0 Å². The van der Waals surface area contributed by atoms with Crippen molar-refractivity contribution < 1.29 is 9.13 Å². The molecule has 3 aromatic rings. The molecule has 0 unspecified atom stereocenters. The minimum absolute atomic E-state index is 0.251. The van der Waals surface area contributed by atoms with E-state index in [9.17, 15) is 4.39 Å². The first kappa shape index (κ1) is 11.2. The quantitative estimate of drug-likeness (QED) is 0.673. The van der Waals surface area contributed by atoms with Gasteiger partial charge in [0.2, 0.25) is 0 Å². The Labute approximate surface area is 115 Å². The van der Waals surface area contributed by atoms with Gasteiger partial charge in [-0.25, -0.2) is 9.07 Å². The van der Waals surface area contributed by atoms with Crippen LogP contribution in [0.4, 0.5) is 4.39 Å². The Morgan fingerprint density at radius 1 is 1.05 bits per heavy atom. The number of halogens is 1. The molecule has 20 heavy (non-hydrogen) atoms. The first-order valence-electron chi connectivity index (χ1n) is 6.38. The van der Waals surface area contributed by atoms with Crippen LogP contribution < -0.4 is 4.74 Å². The molecule has 0 atom stereocenters. The van der Waals surface area contributed by atoms with Gasteiger partial charge < -0.3 is 4.74 Å². The molecule has 2 aromatic carbocycles. The lowest BCUT2D eigenvalue weighted by Crippen LogP contribution is -2.03. The maximum Gasteiger partial charge on any atom is 0.129 e. The van der Waals surface area contributed by atoms with E-state index in [0.29, 0.717) is 6.61 Å². The molecule has 1 aliphatic heterocycles. The molecule has 0 spiro atoms. The molecule has 2 heterocycles. The van der Waals surface area contributed by atoms with Crippen LogP contribution in [0, 0.1) is 5.82 Å². The van der Waals surface area contributed by atoms with Gasteiger partial charge in [0.15, 0.2) is 0 Å². The van der Waals surface area contributed by atoms with Crippen LogP contribution in [0.3, 0.4) is 0 Å². The van der Waals surface area contributed by atoms with Crippen LogP contribution in [0.1, 0.15) is 5.56 Å². The highest BCUT2D eigenvalue weighted by Crippen LogP contribution is 2.36. The van der Waals surface area contributed by atoms with Gasteiger partial charge >= 0.3 is 0 Å². The fourth-order valence-electron chi connectivity index (χ4n) is 2.41. The van der Waals surface area contributed by atoms with Crippen LogP contribution in [0.5, 0.6) is 5.75 Å². The number of ether oxygens (including phenoxy) is 1. The van der Waals surface area contributed by atoms with Crippen molar-refractivity contribution in [3.05, 3.63) is 66.1 Å².